The Bertz CT molecular complexity index is 556. The first kappa shape index (κ1) is 18.9. The van der Waals surface area contributed by atoms with E-state index in [1.165, 1.54) is 19.3 Å². The average molecular weight is 365 g/mol. The Labute approximate surface area is 158 Å². The van der Waals surface area contributed by atoms with Gasteiger partial charge >= 0.3 is 0 Å². The van der Waals surface area contributed by atoms with E-state index in [-0.39, 0.29) is 10.8 Å². The molecule has 4 fully saturated rings. The Kier molecular flexibility index (Phi) is 4.77. The highest BCUT2D eigenvalue weighted by Crippen LogP contribution is 2.66. The molecule has 0 aliphatic heterocycles. The van der Waals surface area contributed by atoms with Crippen LogP contribution < -0.4 is 0 Å². The topological polar surface area (TPSA) is 44.8 Å². The van der Waals surface area contributed by atoms with Crippen LogP contribution in [0.25, 0.3) is 0 Å². The molecule has 0 unspecified atom stereocenters. The van der Waals surface area contributed by atoms with Crippen LogP contribution in [-0.4, -0.2) is 39.5 Å². The summed E-state index contributed by atoms with van der Waals surface area (Å²) in [5, 5.41) is 0. The first-order chi connectivity index (χ1) is 12.4. The molecule has 0 aromatic carbocycles. The standard InChI is InChI=1S/C22H36O4/c1-20-10-9-18-16(17(20)7-8-19(20)23)6-5-15-13-22(25-3,26-4)12-11-21(15,18)14-24-2/h15-18H,5-14H2,1-4H3/t15-,16+,17+,18+,20+,21-/m1/s1. The van der Waals surface area contributed by atoms with Crippen molar-refractivity contribution in [2.45, 2.75) is 70.5 Å². The quantitative estimate of drug-likeness (QED) is 0.701. The maximum absolute atomic E-state index is 12.6. The van der Waals surface area contributed by atoms with Crippen LogP contribution in [0, 0.1) is 34.5 Å². The molecule has 0 N–H and O–H groups in total. The molecular formula is C22H36O4. The van der Waals surface area contributed by atoms with Crippen molar-refractivity contribution in [1.29, 1.82) is 0 Å². The number of ketones is 1. The number of Topliss-reactive ketones (excluding diaryl/α,β-unsaturated/α-hetero) is 1. The van der Waals surface area contributed by atoms with Crippen LogP contribution in [0.1, 0.15) is 64.7 Å². The molecule has 0 aromatic rings. The number of hydrogen-bond acceptors (Lipinski definition) is 4. The molecule has 0 spiro atoms. The zero-order valence-corrected chi connectivity index (χ0v) is 17.0. The minimum atomic E-state index is -0.415. The second-order valence-electron chi connectivity index (χ2n) is 9.76. The van der Waals surface area contributed by atoms with E-state index in [9.17, 15) is 4.79 Å². The Morgan fingerprint density at radius 3 is 2.42 bits per heavy atom. The summed E-state index contributed by atoms with van der Waals surface area (Å²) in [5.41, 5.74) is 0.199. The fourth-order valence-corrected chi connectivity index (χ4v) is 7.77. The Morgan fingerprint density at radius 1 is 0.962 bits per heavy atom. The van der Waals surface area contributed by atoms with Crippen LogP contribution >= 0.6 is 0 Å². The molecule has 148 valence electrons. The van der Waals surface area contributed by atoms with E-state index in [4.69, 9.17) is 14.2 Å². The second kappa shape index (κ2) is 6.56. The molecule has 0 aromatic heterocycles. The van der Waals surface area contributed by atoms with Gasteiger partial charge in [0.2, 0.25) is 0 Å². The van der Waals surface area contributed by atoms with Crippen molar-refractivity contribution in [3.63, 3.8) is 0 Å². The van der Waals surface area contributed by atoms with Crippen LogP contribution in [0.15, 0.2) is 0 Å². The van der Waals surface area contributed by atoms with E-state index in [1.807, 2.05) is 7.11 Å². The largest absolute Gasteiger partial charge is 0.384 e. The van der Waals surface area contributed by atoms with Crippen molar-refractivity contribution < 1.29 is 19.0 Å². The predicted octanol–water partition coefficient (Wildman–Crippen LogP) is 4.21. The Hall–Kier alpha value is -0.450. The molecule has 4 aliphatic carbocycles. The first-order valence-corrected chi connectivity index (χ1v) is 10.6. The molecule has 4 saturated carbocycles. The molecule has 0 radical (unpaired) electrons. The van der Waals surface area contributed by atoms with Crippen LogP contribution in [0.3, 0.4) is 0 Å². The van der Waals surface area contributed by atoms with Crippen LogP contribution in [0.4, 0.5) is 0 Å². The summed E-state index contributed by atoms with van der Waals surface area (Å²) in [6.45, 7) is 3.11. The predicted molar refractivity (Wildman–Crippen MR) is 99.7 cm³/mol. The Morgan fingerprint density at radius 2 is 1.73 bits per heavy atom. The van der Waals surface area contributed by atoms with E-state index in [0.717, 1.165) is 45.1 Å². The summed E-state index contributed by atoms with van der Waals surface area (Å²) < 4.78 is 17.5. The summed E-state index contributed by atoms with van der Waals surface area (Å²) in [4.78, 5) is 12.6. The number of carbonyl (C=O) groups is 1. The molecule has 4 heteroatoms. The molecule has 26 heavy (non-hydrogen) atoms. The van der Waals surface area contributed by atoms with Crippen molar-refractivity contribution >= 4 is 5.78 Å². The lowest BCUT2D eigenvalue weighted by Gasteiger charge is -2.62. The third kappa shape index (κ3) is 2.48. The summed E-state index contributed by atoms with van der Waals surface area (Å²) in [5.74, 6) is 2.70. The molecule has 6 atom stereocenters. The molecular weight excluding hydrogens is 328 g/mol. The van der Waals surface area contributed by atoms with Crippen molar-refractivity contribution in [2.75, 3.05) is 27.9 Å². The van der Waals surface area contributed by atoms with Crippen LogP contribution in [0.2, 0.25) is 0 Å². The van der Waals surface area contributed by atoms with E-state index >= 15 is 0 Å². The van der Waals surface area contributed by atoms with E-state index in [2.05, 4.69) is 6.92 Å². The van der Waals surface area contributed by atoms with Gasteiger partial charge in [-0.3, -0.25) is 4.79 Å². The highest BCUT2D eigenvalue weighted by atomic mass is 16.7. The minimum Gasteiger partial charge on any atom is -0.384 e. The highest BCUT2D eigenvalue weighted by Gasteiger charge is 2.63. The number of carbonyl (C=O) groups excluding carboxylic acids is 1. The third-order valence-electron chi connectivity index (χ3n) is 9.23. The molecule has 0 heterocycles. The summed E-state index contributed by atoms with van der Waals surface area (Å²) in [7, 11) is 5.43. The van der Waals surface area contributed by atoms with E-state index < -0.39 is 5.79 Å². The van der Waals surface area contributed by atoms with Crippen molar-refractivity contribution in [3.8, 4) is 0 Å². The van der Waals surface area contributed by atoms with Gasteiger partial charge in [-0.2, -0.15) is 0 Å². The lowest BCUT2D eigenvalue weighted by molar-refractivity contribution is -0.268. The van der Waals surface area contributed by atoms with Gasteiger partial charge in [0.05, 0.1) is 6.61 Å². The van der Waals surface area contributed by atoms with Crippen LogP contribution in [0.5, 0.6) is 0 Å². The second-order valence-corrected chi connectivity index (χ2v) is 9.76. The number of fused-ring (bicyclic) bond motifs is 5. The zero-order chi connectivity index (χ0) is 18.6. The summed E-state index contributed by atoms with van der Waals surface area (Å²) in [6.07, 6.45) is 9.72. The van der Waals surface area contributed by atoms with Gasteiger partial charge in [-0.05, 0) is 62.2 Å². The van der Waals surface area contributed by atoms with E-state index in [1.54, 1.807) is 14.2 Å². The number of ether oxygens (including phenoxy) is 3. The number of methoxy groups -OCH3 is 3. The fourth-order valence-electron chi connectivity index (χ4n) is 7.77. The lowest BCUT2D eigenvalue weighted by atomic mass is 9.44. The SMILES string of the molecule is COC[C@]12CCC(OC)(OC)C[C@H]1CC[C@@H]1[C@@H]2CC[C@]2(C)C(=O)CC[C@@H]12. The van der Waals surface area contributed by atoms with Gasteiger partial charge in [-0.15, -0.1) is 0 Å². The van der Waals surface area contributed by atoms with Gasteiger partial charge in [-0.1, -0.05) is 6.92 Å². The minimum absolute atomic E-state index is 0.0419. The number of rotatable bonds is 4. The maximum atomic E-state index is 12.6. The van der Waals surface area contributed by atoms with Crippen molar-refractivity contribution in [2.24, 2.45) is 34.5 Å². The van der Waals surface area contributed by atoms with Crippen LogP contribution in [-0.2, 0) is 19.0 Å². The average Bonchev–Trinajstić information content (AvgIpc) is 2.96. The van der Waals surface area contributed by atoms with Gasteiger partial charge in [0.25, 0.3) is 0 Å². The first-order valence-electron chi connectivity index (χ1n) is 10.6. The van der Waals surface area contributed by atoms with Gasteiger partial charge in [-0.25, -0.2) is 0 Å². The highest BCUT2D eigenvalue weighted by molar-refractivity contribution is 5.87. The third-order valence-corrected chi connectivity index (χ3v) is 9.23. The molecule has 4 nitrogen and oxygen atoms in total. The normalized spacial score (nSPS) is 47.2. The van der Waals surface area contributed by atoms with Gasteiger partial charge < -0.3 is 14.2 Å². The molecule has 0 amide bonds. The maximum Gasteiger partial charge on any atom is 0.167 e. The van der Waals surface area contributed by atoms with Gasteiger partial charge in [0.1, 0.15) is 5.78 Å². The smallest absolute Gasteiger partial charge is 0.167 e. The Balaban J connectivity index is 1.65. The van der Waals surface area contributed by atoms with Gasteiger partial charge in [0, 0.05) is 51.4 Å². The van der Waals surface area contributed by atoms with E-state index in [0.29, 0.717) is 29.5 Å². The monoisotopic (exact) mass is 364 g/mol. The lowest BCUT2D eigenvalue weighted by Crippen LogP contribution is -2.59. The molecule has 4 aliphatic rings. The fraction of sp³-hybridized carbons (Fsp3) is 0.955. The molecule has 0 bridgehead atoms. The molecule has 4 rings (SSSR count). The van der Waals surface area contributed by atoms with Gasteiger partial charge in [0.15, 0.2) is 5.79 Å². The van der Waals surface area contributed by atoms with Crippen molar-refractivity contribution in [3.05, 3.63) is 0 Å². The zero-order valence-electron chi connectivity index (χ0n) is 17.0. The summed E-state index contributed by atoms with van der Waals surface area (Å²) >= 11 is 0. The molecule has 0 saturated heterocycles. The number of hydrogen-bond donors (Lipinski definition) is 0. The van der Waals surface area contributed by atoms with Crippen molar-refractivity contribution in [1.82, 2.24) is 0 Å². The summed E-state index contributed by atoms with van der Waals surface area (Å²) in [6, 6.07) is 0.